The zero-order valence-corrected chi connectivity index (χ0v) is 14.5. The molecule has 0 aromatic heterocycles. The van der Waals surface area contributed by atoms with Crippen LogP contribution in [0.2, 0.25) is 10.0 Å². The monoisotopic (exact) mass is 391 g/mol. The first-order chi connectivity index (χ1) is 9.97. The Bertz CT molecular complexity index is 666. The van der Waals surface area contributed by atoms with Gasteiger partial charge in [-0.25, -0.2) is 4.39 Å². The minimum absolute atomic E-state index is 0.300. The summed E-state index contributed by atoms with van der Waals surface area (Å²) in [6.07, 6.45) is 0. The standard InChI is InChI=1S/C15H13BrCl2FNO/c1-20-15(9-5-8(19)3-4-11(9)16)10-6-13(18)14(21-2)7-12(10)17/h3-7,15,20H,1-2H3. The average Bonchev–Trinajstić information content (AvgIpc) is 2.46. The number of nitrogens with one attached hydrogen (secondary N) is 1. The Morgan fingerprint density at radius 2 is 1.86 bits per heavy atom. The number of benzene rings is 2. The zero-order chi connectivity index (χ0) is 15.6. The maximum atomic E-state index is 13.5. The molecule has 21 heavy (non-hydrogen) atoms. The van der Waals surface area contributed by atoms with Crippen molar-refractivity contribution in [3.63, 3.8) is 0 Å². The maximum Gasteiger partial charge on any atom is 0.138 e. The Morgan fingerprint density at radius 1 is 1.14 bits per heavy atom. The van der Waals surface area contributed by atoms with E-state index in [0.29, 0.717) is 15.8 Å². The molecule has 0 spiro atoms. The van der Waals surface area contributed by atoms with Gasteiger partial charge >= 0.3 is 0 Å². The summed E-state index contributed by atoms with van der Waals surface area (Å²) < 4.78 is 19.5. The predicted octanol–water partition coefficient (Wildman–Crippen LogP) is 5.21. The van der Waals surface area contributed by atoms with Crippen LogP contribution in [-0.4, -0.2) is 14.2 Å². The number of hydrogen-bond acceptors (Lipinski definition) is 2. The van der Waals surface area contributed by atoms with Crippen LogP contribution in [0.1, 0.15) is 17.2 Å². The average molecular weight is 393 g/mol. The van der Waals surface area contributed by atoms with Gasteiger partial charge in [-0.15, -0.1) is 0 Å². The largest absolute Gasteiger partial charge is 0.495 e. The summed E-state index contributed by atoms with van der Waals surface area (Å²) in [6.45, 7) is 0. The van der Waals surface area contributed by atoms with Crippen molar-refractivity contribution in [1.29, 1.82) is 0 Å². The highest BCUT2D eigenvalue weighted by molar-refractivity contribution is 9.10. The lowest BCUT2D eigenvalue weighted by Crippen LogP contribution is -2.19. The molecule has 1 atom stereocenters. The van der Waals surface area contributed by atoms with Crippen molar-refractivity contribution in [1.82, 2.24) is 5.32 Å². The van der Waals surface area contributed by atoms with E-state index in [1.165, 1.54) is 19.2 Å². The van der Waals surface area contributed by atoms with E-state index in [1.807, 2.05) is 0 Å². The molecule has 0 saturated heterocycles. The van der Waals surface area contributed by atoms with Crippen molar-refractivity contribution >= 4 is 39.1 Å². The first-order valence-corrected chi connectivity index (χ1v) is 7.68. The van der Waals surface area contributed by atoms with Crippen molar-refractivity contribution in [3.8, 4) is 5.75 Å². The molecule has 0 aliphatic rings. The third-order valence-electron chi connectivity index (χ3n) is 3.14. The SMILES string of the molecule is CNC(c1cc(Cl)c(OC)cc1Cl)c1cc(F)ccc1Br. The number of methoxy groups -OCH3 is 1. The van der Waals surface area contributed by atoms with Crippen molar-refractivity contribution < 1.29 is 9.13 Å². The van der Waals surface area contributed by atoms with Gasteiger partial charge in [0, 0.05) is 15.6 Å². The van der Waals surface area contributed by atoms with E-state index in [4.69, 9.17) is 27.9 Å². The van der Waals surface area contributed by atoms with Crippen LogP contribution in [0.15, 0.2) is 34.8 Å². The number of ether oxygens (including phenoxy) is 1. The molecule has 1 N–H and O–H groups in total. The van der Waals surface area contributed by atoms with Crippen LogP contribution >= 0.6 is 39.1 Å². The molecular weight excluding hydrogens is 380 g/mol. The smallest absolute Gasteiger partial charge is 0.138 e. The quantitative estimate of drug-likeness (QED) is 0.770. The van der Waals surface area contributed by atoms with Crippen LogP contribution in [0.25, 0.3) is 0 Å². The van der Waals surface area contributed by atoms with Crippen molar-refractivity contribution in [2.45, 2.75) is 6.04 Å². The fourth-order valence-corrected chi connectivity index (χ4v) is 3.12. The Labute approximate surface area is 141 Å². The molecule has 0 aliphatic carbocycles. The van der Waals surface area contributed by atoms with E-state index in [-0.39, 0.29) is 11.9 Å². The third kappa shape index (κ3) is 3.51. The molecule has 2 nitrogen and oxygen atoms in total. The molecule has 112 valence electrons. The second kappa shape index (κ2) is 6.97. The van der Waals surface area contributed by atoms with Crippen LogP contribution in [0.5, 0.6) is 5.75 Å². The minimum Gasteiger partial charge on any atom is -0.495 e. The van der Waals surface area contributed by atoms with E-state index in [2.05, 4.69) is 21.2 Å². The topological polar surface area (TPSA) is 21.3 Å². The number of rotatable bonds is 4. The highest BCUT2D eigenvalue weighted by atomic mass is 79.9. The van der Waals surface area contributed by atoms with Crippen LogP contribution in [-0.2, 0) is 0 Å². The van der Waals surface area contributed by atoms with Crippen LogP contribution < -0.4 is 10.1 Å². The second-order valence-corrected chi connectivity index (χ2v) is 6.06. The van der Waals surface area contributed by atoms with Crippen LogP contribution in [0.4, 0.5) is 4.39 Å². The normalized spacial score (nSPS) is 12.3. The van der Waals surface area contributed by atoms with E-state index < -0.39 is 0 Å². The van der Waals surface area contributed by atoms with Gasteiger partial charge in [0.15, 0.2) is 0 Å². The molecule has 1 unspecified atom stereocenters. The summed E-state index contributed by atoms with van der Waals surface area (Å²) in [5, 5.41) is 4.07. The first kappa shape index (κ1) is 16.6. The molecule has 2 rings (SSSR count). The van der Waals surface area contributed by atoms with Gasteiger partial charge in [-0.3, -0.25) is 0 Å². The lowest BCUT2D eigenvalue weighted by atomic mass is 9.98. The minimum atomic E-state index is -0.316. The fraction of sp³-hybridized carbons (Fsp3) is 0.200. The van der Waals surface area contributed by atoms with Gasteiger partial charge in [-0.1, -0.05) is 39.1 Å². The van der Waals surface area contributed by atoms with E-state index in [0.717, 1.165) is 15.6 Å². The van der Waals surface area contributed by atoms with E-state index in [9.17, 15) is 4.39 Å². The van der Waals surface area contributed by atoms with Gasteiger partial charge < -0.3 is 10.1 Å². The highest BCUT2D eigenvalue weighted by Gasteiger charge is 2.20. The highest BCUT2D eigenvalue weighted by Crippen LogP contribution is 2.38. The summed E-state index contributed by atoms with van der Waals surface area (Å²) in [5.41, 5.74) is 1.48. The molecule has 0 saturated carbocycles. The summed E-state index contributed by atoms with van der Waals surface area (Å²) in [5.74, 6) is 0.183. The summed E-state index contributed by atoms with van der Waals surface area (Å²) in [6, 6.07) is 7.58. The number of halogens is 4. The van der Waals surface area contributed by atoms with Gasteiger partial charge in [-0.2, -0.15) is 0 Å². The molecule has 0 radical (unpaired) electrons. The second-order valence-electron chi connectivity index (χ2n) is 4.40. The molecule has 2 aromatic carbocycles. The molecular formula is C15H13BrCl2FNO. The Hall–Kier alpha value is -0.810. The lowest BCUT2D eigenvalue weighted by Gasteiger charge is -2.21. The predicted molar refractivity (Wildman–Crippen MR) is 88.0 cm³/mol. The summed E-state index contributed by atoms with van der Waals surface area (Å²) >= 11 is 15.9. The van der Waals surface area contributed by atoms with Crippen LogP contribution in [0.3, 0.4) is 0 Å². The Kier molecular flexibility index (Phi) is 5.49. The number of hydrogen-bond donors (Lipinski definition) is 1. The molecule has 0 amide bonds. The van der Waals surface area contributed by atoms with E-state index in [1.54, 1.807) is 25.2 Å². The van der Waals surface area contributed by atoms with Gasteiger partial charge in [0.05, 0.1) is 18.2 Å². The maximum absolute atomic E-state index is 13.5. The fourth-order valence-electron chi connectivity index (χ4n) is 2.14. The van der Waals surface area contributed by atoms with Crippen molar-refractivity contribution in [2.75, 3.05) is 14.2 Å². The molecule has 0 heterocycles. The van der Waals surface area contributed by atoms with Gasteiger partial charge in [-0.05, 0) is 42.4 Å². The molecule has 2 aromatic rings. The molecule has 6 heteroatoms. The van der Waals surface area contributed by atoms with Gasteiger partial charge in [0.25, 0.3) is 0 Å². The molecule has 0 aliphatic heterocycles. The summed E-state index contributed by atoms with van der Waals surface area (Å²) in [4.78, 5) is 0. The molecule has 0 fully saturated rings. The van der Waals surface area contributed by atoms with Crippen LogP contribution in [0, 0.1) is 5.82 Å². The van der Waals surface area contributed by atoms with Gasteiger partial charge in [0.2, 0.25) is 0 Å². The first-order valence-electron chi connectivity index (χ1n) is 6.13. The Balaban J connectivity index is 2.56. The van der Waals surface area contributed by atoms with Crippen molar-refractivity contribution in [2.24, 2.45) is 0 Å². The van der Waals surface area contributed by atoms with Gasteiger partial charge in [0.1, 0.15) is 11.6 Å². The summed E-state index contributed by atoms with van der Waals surface area (Å²) in [7, 11) is 3.30. The third-order valence-corrected chi connectivity index (χ3v) is 4.48. The van der Waals surface area contributed by atoms with Crippen molar-refractivity contribution in [3.05, 3.63) is 61.8 Å². The van der Waals surface area contributed by atoms with E-state index >= 15 is 0 Å². The molecule has 0 bridgehead atoms. The zero-order valence-electron chi connectivity index (χ0n) is 11.4. The lowest BCUT2D eigenvalue weighted by molar-refractivity contribution is 0.415. The Morgan fingerprint density at radius 3 is 2.48 bits per heavy atom.